The van der Waals surface area contributed by atoms with Gasteiger partial charge >= 0.3 is 0 Å². The summed E-state index contributed by atoms with van der Waals surface area (Å²) < 4.78 is 5.35. The summed E-state index contributed by atoms with van der Waals surface area (Å²) in [6, 6.07) is 12.3. The van der Waals surface area contributed by atoms with Crippen molar-refractivity contribution in [2.75, 3.05) is 19.6 Å². The molecule has 0 bridgehead atoms. The highest BCUT2D eigenvalue weighted by atomic mass is 16.3. The molecule has 0 amide bonds. The number of nitrogens with one attached hydrogen (secondary N) is 3. The third-order valence-electron chi connectivity index (χ3n) is 4.32. The number of aromatic amines is 1. The number of aliphatic imine (C=N–C) groups is 1. The van der Waals surface area contributed by atoms with Gasteiger partial charge in [-0.15, -0.1) is 6.58 Å². The molecule has 0 aliphatic rings. The Morgan fingerprint density at radius 3 is 2.88 bits per heavy atom. The van der Waals surface area contributed by atoms with Gasteiger partial charge in [0.2, 0.25) is 0 Å². The molecule has 2 aromatic heterocycles. The van der Waals surface area contributed by atoms with Gasteiger partial charge in [0.05, 0.1) is 6.26 Å². The number of H-pyrrole nitrogens is 1. The maximum atomic E-state index is 5.35. The average molecular weight is 350 g/mol. The van der Waals surface area contributed by atoms with Crippen LogP contribution in [0.1, 0.15) is 17.0 Å². The Balaban J connectivity index is 1.58. The highest BCUT2D eigenvalue weighted by molar-refractivity contribution is 5.84. The highest BCUT2D eigenvalue weighted by Gasteiger charge is 2.08. The summed E-state index contributed by atoms with van der Waals surface area (Å²) in [5.41, 5.74) is 3.77. The van der Waals surface area contributed by atoms with Crippen molar-refractivity contribution in [2.45, 2.75) is 19.8 Å². The van der Waals surface area contributed by atoms with E-state index in [0.29, 0.717) is 13.1 Å². The molecule has 0 unspecified atom stereocenters. The van der Waals surface area contributed by atoms with Crippen molar-refractivity contribution in [3.8, 4) is 0 Å². The van der Waals surface area contributed by atoms with Gasteiger partial charge in [0, 0.05) is 42.7 Å². The fraction of sp³-hybridized carbons (Fsp3) is 0.286. The van der Waals surface area contributed by atoms with E-state index in [1.165, 1.54) is 22.2 Å². The van der Waals surface area contributed by atoms with Gasteiger partial charge in [-0.05, 0) is 37.1 Å². The van der Waals surface area contributed by atoms with Gasteiger partial charge in [-0.3, -0.25) is 4.99 Å². The Kier molecular flexibility index (Phi) is 6.14. The zero-order chi connectivity index (χ0) is 18.2. The minimum Gasteiger partial charge on any atom is -0.469 e. The Morgan fingerprint density at radius 1 is 1.19 bits per heavy atom. The van der Waals surface area contributed by atoms with Crippen LogP contribution < -0.4 is 10.6 Å². The van der Waals surface area contributed by atoms with Gasteiger partial charge in [-0.1, -0.05) is 24.3 Å². The van der Waals surface area contributed by atoms with E-state index in [2.05, 4.69) is 58.4 Å². The van der Waals surface area contributed by atoms with Gasteiger partial charge in [-0.2, -0.15) is 0 Å². The molecule has 3 N–H and O–H groups in total. The molecule has 0 radical (unpaired) electrons. The third kappa shape index (κ3) is 4.57. The standard InChI is InChI=1S/C21H26N4O/c1-3-12-22-21(23-13-10-17-7-6-15-26-17)24-14-11-18-16(2)25-20-9-5-4-8-19(18)20/h3-9,15,25H,1,10-14H2,2H3,(H2,22,23,24). The molecule has 5 heteroatoms. The molecule has 0 aliphatic carbocycles. The molecular weight excluding hydrogens is 324 g/mol. The quantitative estimate of drug-likeness (QED) is 0.330. The number of nitrogens with zero attached hydrogens (tertiary/aromatic N) is 1. The first-order chi connectivity index (χ1) is 12.8. The van der Waals surface area contributed by atoms with Crippen molar-refractivity contribution in [2.24, 2.45) is 4.99 Å². The Labute approximate surface area is 154 Å². The molecule has 0 atom stereocenters. The highest BCUT2D eigenvalue weighted by Crippen LogP contribution is 2.21. The van der Waals surface area contributed by atoms with E-state index in [-0.39, 0.29) is 0 Å². The number of para-hydroxylation sites is 1. The van der Waals surface area contributed by atoms with Crippen molar-refractivity contribution < 1.29 is 4.42 Å². The second-order valence-corrected chi connectivity index (χ2v) is 6.18. The van der Waals surface area contributed by atoms with E-state index in [4.69, 9.17) is 4.42 Å². The maximum Gasteiger partial charge on any atom is 0.191 e. The van der Waals surface area contributed by atoms with E-state index in [1.807, 2.05) is 18.2 Å². The molecule has 5 nitrogen and oxygen atoms in total. The van der Waals surface area contributed by atoms with Crippen LogP contribution in [0.3, 0.4) is 0 Å². The zero-order valence-corrected chi connectivity index (χ0v) is 15.2. The largest absolute Gasteiger partial charge is 0.469 e. The smallest absolute Gasteiger partial charge is 0.191 e. The fourth-order valence-corrected chi connectivity index (χ4v) is 3.04. The second-order valence-electron chi connectivity index (χ2n) is 6.18. The predicted octanol–water partition coefficient (Wildman–Crippen LogP) is 3.58. The van der Waals surface area contributed by atoms with Crippen LogP contribution in [0.25, 0.3) is 10.9 Å². The van der Waals surface area contributed by atoms with Crippen LogP contribution in [0, 0.1) is 6.92 Å². The number of hydrogen-bond acceptors (Lipinski definition) is 2. The molecule has 136 valence electrons. The van der Waals surface area contributed by atoms with Crippen molar-refractivity contribution in [3.05, 3.63) is 72.3 Å². The number of guanidine groups is 1. The van der Waals surface area contributed by atoms with Gasteiger partial charge < -0.3 is 20.0 Å². The lowest BCUT2D eigenvalue weighted by atomic mass is 10.1. The first kappa shape index (κ1) is 17.9. The number of aromatic nitrogens is 1. The number of rotatable bonds is 8. The number of hydrogen-bond donors (Lipinski definition) is 3. The minimum absolute atomic E-state index is 0.673. The lowest BCUT2D eigenvalue weighted by Gasteiger charge is -2.11. The van der Waals surface area contributed by atoms with Crippen molar-refractivity contribution >= 4 is 16.9 Å². The molecule has 0 spiro atoms. The molecule has 3 rings (SSSR count). The van der Waals surface area contributed by atoms with Crippen LogP contribution in [0.4, 0.5) is 0 Å². The van der Waals surface area contributed by atoms with Gasteiger partial charge in [0.15, 0.2) is 5.96 Å². The van der Waals surface area contributed by atoms with Crippen molar-refractivity contribution in [3.63, 3.8) is 0 Å². The van der Waals surface area contributed by atoms with Crippen molar-refractivity contribution in [1.82, 2.24) is 15.6 Å². The predicted molar refractivity (Wildman–Crippen MR) is 108 cm³/mol. The summed E-state index contributed by atoms with van der Waals surface area (Å²) in [7, 11) is 0. The molecule has 0 saturated heterocycles. The Hall–Kier alpha value is -2.95. The number of aryl methyl sites for hydroxylation is 1. The summed E-state index contributed by atoms with van der Waals surface area (Å²) >= 11 is 0. The molecule has 0 saturated carbocycles. The van der Waals surface area contributed by atoms with E-state index in [9.17, 15) is 0 Å². The normalized spacial score (nSPS) is 11.7. The summed E-state index contributed by atoms with van der Waals surface area (Å²) in [6.07, 6.45) is 5.24. The van der Waals surface area contributed by atoms with Crippen LogP contribution in [0.2, 0.25) is 0 Å². The SMILES string of the molecule is C=CCNC(=NCCc1ccco1)NCCc1c(C)[nH]c2ccccc12. The molecule has 0 fully saturated rings. The first-order valence-electron chi connectivity index (χ1n) is 8.99. The monoisotopic (exact) mass is 350 g/mol. The van der Waals surface area contributed by atoms with Gasteiger partial charge in [0.1, 0.15) is 5.76 Å². The number of furan rings is 1. The van der Waals surface area contributed by atoms with Gasteiger partial charge in [-0.25, -0.2) is 0 Å². The summed E-state index contributed by atoms with van der Waals surface area (Å²) in [4.78, 5) is 8.07. The van der Waals surface area contributed by atoms with Crippen LogP contribution in [0.5, 0.6) is 0 Å². The van der Waals surface area contributed by atoms with Crippen LogP contribution in [-0.4, -0.2) is 30.6 Å². The fourth-order valence-electron chi connectivity index (χ4n) is 3.04. The topological polar surface area (TPSA) is 65.3 Å². The minimum atomic E-state index is 0.673. The summed E-state index contributed by atoms with van der Waals surface area (Å²) in [5.74, 6) is 1.75. The third-order valence-corrected chi connectivity index (χ3v) is 4.32. The molecule has 3 aromatic rings. The molecular formula is C21H26N4O. The molecule has 2 heterocycles. The second kappa shape index (κ2) is 8.94. The van der Waals surface area contributed by atoms with Crippen molar-refractivity contribution in [1.29, 1.82) is 0 Å². The zero-order valence-electron chi connectivity index (χ0n) is 15.2. The summed E-state index contributed by atoms with van der Waals surface area (Å²) in [6.45, 7) is 8.05. The summed E-state index contributed by atoms with van der Waals surface area (Å²) in [5, 5.41) is 7.97. The van der Waals surface area contributed by atoms with Crippen LogP contribution >= 0.6 is 0 Å². The van der Waals surface area contributed by atoms with Crippen LogP contribution in [-0.2, 0) is 12.8 Å². The van der Waals surface area contributed by atoms with E-state index < -0.39 is 0 Å². The molecule has 26 heavy (non-hydrogen) atoms. The molecule has 0 aliphatic heterocycles. The first-order valence-corrected chi connectivity index (χ1v) is 8.99. The van der Waals surface area contributed by atoms with E-state index in [1.54, 1.807) is 6.26 Å². The van der Waals surface area contributed by atoms with Crippen LogP contribution in [0.15, 0.2) is 64.7 Å². The number of fused-ring (bicyclic) bond motifs is 1. The average Bonchev–Trinajstić information content (AvgIpc) is 3.27. The lowest BCUT2D eigenvalue weighted by molar-refractivity contribution is 0.510. The maximum absolute atomic E-state index is 5.35. The van der Waals surface area contributed by atoms with Gasteiger partial charge in [0.25, 0.3) is 0 Å². The lowest BCUT2D eigenvalue weighted by Crippen LogP contribution is -2.38. The molecule has 1 aromatic carbocycles. The number of benzene rings is 1. The van der Waals surface area contributed by atoms with E-state index in [0.717, 1.165) is 31.1 Å². The Morgan fingerprint density at radius 2 is 2.08 bits per heavy atom. The van der Waals surface area contributed by atoms with E-state index >= 15 is 0 Å². The Bertz CT molecular complexity index is 861.